The molecule has 1 saturated heterocycles. The first-order valence-corrected chi connectivity index (χ1v) is 9.76. The van der Waals surface area contributed by atoms with E-state index in [1.54, 1.807) is 37.1 Å². The zero-order valence-corrected chi connectivity index (χ0v) is 15.6. The van der Waals surface area contributed by atoms with Gasteiger partial charge in [-0.1, -0.05) is 23.7 Å². The van der Waals surface area contributed by atoms with Crippen LogP contribution in [-0.2, 0) is 17.1 Å². The molecule has 1 aromatic carbocycles. The topological polar surface area (TPSA) is 84.3 Å². The molecule has 2 heterocycles. The van der Waals surface area contributed by atoms with E-state index in [1.165, 1.54) is 10.9 Å². The maximum absolute atomic E-state index is 12.8. The number of likely N-dealkylation sites (tertiary alicyclic amines) is 1. The molecule has 7 nitrogen and oxygen atoms in total. The summed E-state index contributed by atoms with van der Waals surface area (Å²) in [6.07, 6.45) is 3.24. The van der Waals surface area contributed by atoms with Crippen molar-refractivity contribution in [2.75, 3.05) is 17.8 Å². The molecule has 9 heteroatoms. The van der Waals surface area contributed by atoms with Crippen molar-refractivity contribution in [1.29, 1.82) is 0 Å². The molecule has 134 valence electrons. The molecule has 0 unspecified atom stereocenters. The average molecular weight is 383 g/mol. The van der Waals surface area contributed by atoms with Crippen LogP contribution in [0.25, 0.3) is 0 Å². The second kappa shape index (κ2) is 6.68. The summed E-state index contributed by atoms with van der Waals surface area (Å²) in [5.41, 5.74) is 1.31. The van der Waals surface area contributed by atoms with Crippen molar-refractivity contribution in [2.45, 2.75) is 24.8 Å². The highest BCUT2D eigenvalue weighted by Crippen LogP contribution is 2.27. The Morgan fingerprint density at radius 3 is 2.56 bits per heavy atom. The van der Waals surface area contributed by atoms with Crippen LogP contribution in [0.2, 0.25) is 5.15 Å². The summed E-state index contributed by atoms with van der Waals surface area (Å²) in [6.45, 7) is 3.16. The maximum atomic E-state index is 12.8. The monoisotopic (exact) mass is 382 g/mol. The summed E-state index contributed by atoms with van der Waals surface area (Å²) < 4.78 is 29.2. The number of aromatic nitrogens is 2. The largest absolute Gasteiger partial charge is 0.339 e. The number of halogens is 1. The number of hydrogen-bond acceptors (Lipinski definition) is 4. The van der Waals surface area contributed by atoms with Gasteiger partial charge in [0.25, 0.3) is 15.9 Å². The lowest BCUT2D eigenvalue weighted by molar-refractivity contribution is 0.0793. The number of sulfonamides is 1. The normalized spacial score (nSPS) is 14.8. The molecule has 1 aliphatic rings. The Kier molecular flexibility index (Phi) is 4.75. The summed E-state index contributed by atoms with van der Waals surface area (Å²) in [5.74, 6) is -0.166. The molecule has 25 heavy (non-hydrogen) atoms. The molecule has 1 amide bonds. The summed E-state index contributed by atoms with van der Waals surface area (Å²) in [4.78, 5) is 18.4. The predicted molar refractivity (Wildman–Crippen MR) is 95.3 cm³/mol. The Morgan fingerprint density at radius 1 is 1.28 bits per heavy atom. The lowest BCUT2D eigenvalue weighted by Gasteiger charge is -2.20. The molecule has 1 aliphatic heterocycles. The van der Waals surface area contributed by atoms with Crippen LogP contribution in [0.15, 0.2) is 29.6 Å². The van der Waals surface area contributed by atoms with Crippen molar-refractivity contribution in [3.63, 3.8) is 0 Å². The lowest BCUT2D eigenvalue weighted by atomic mass is 10.1. The van der Waals surface area contributed by atoms with E-state index in [2.05, 4.69) is 9.71 Å². The van der Waals surface area contributed by atoms with Crippen LogP contribution >= 0.6 is 11.6 Å². The Morgan fingerprint density at radius 2 is 1.96 bits per heavy atom. The fourth-order valence-electron chi connectivity index (χ4n) is 2.88. The number of anilines is 1. The van der Waals surface area contributed by atoms with Crippen LogP contribution in [0.3, 0.4) is 0 Å². The quantitative estimate of drug-likeness (QED) is 0.880. The molecular weight excluding hydrogens is 364 g/mol. The van der Waals surface area contributed by atoms with E-state index in [0.717, 1.165) is 12.8 Å². The van der Waals surface area contributed by atoms with Crippen LogP contribution in [0.5, 0.6) is 0 Å². The van der Waals surface area contributed by atoms with E-state index < -0.39 is 10.0 Å². The zero-order chi connectivity index (χ0) is 18.2. The van der Waals surface area contributed by atoms with Crippen molar-refractivity contribution in [2.24, 2.45) is 7.05 Å². The molecular formula is C16H19ClN4O3S. The molecule has 0 spiro atoms. The Labute approximate surface area is 151 Å². The number of imidazole rings is 1. The number of benzene rings is 1. The van der Waals surface area contributed by atoms with E-state index in [-0.39, 0.29) is 21.8 Å². The van der Waals surface area contributed by atoms with Crippen LogP contribution in [0.1, 0.15) is 28.8 Å². The van der Waals surface area contributed by atoms with Crippen molar-refractivity contribution < 1.29 is 13.2 Å². The number of amides is 1. The molecule has 0 radical (unpaired) electrons. The van der Waals surface area contributed by atoms with E-state index in [0.29, 0.717) is 24.2 Å². The Balaban J connectivity index is 1.99. The maximum Gasteiger partial charge on any atom is 0.282 e. The highest BCUT2D eigenvalue weighted by molar-refractivity contribution is 7.92. The van der Waals surface area contributed by atoms with E-state index >= 15 is 0 Å². The summed E-state index contributed by atoms with van der Waals surface area (Å²) in [7, 11) is -2.40. The molecule has 0 atom stereocenters. The number of hydrogen-bond donors (Lipinski definition) is 1. The molecule has 0 bridgehead atoms. The van der Waals surface area contributed by atoms with Gasteiger partial charge in [-0.3, -0.25) is 9.52 Å². The first kappa shape index (κ1) is 17.8. The molecule has 1 N–H and O–H groups in total. The van der Waals surface area contributed by atoms with Crippen LogP contribution in [0.4, 0.5) is 5.69 Å². The highest BCUT2D eigenvalue weighted by Gasteiger charge is 2.27. The summed E-state index contributed by atoms with van der Waals surface area (Å²) in [6, 6.07) is 5.06. The van der Waals surface area contributed by atoms with Crippen LogP contribution in [0, 0.1) is 6.92 Å². The third kappa shape index (κ3) is 3.36. The number of nitrogens with one attached hydrogen (secondary N) is 1. The number of rotatable bonds is 4. The van der Waals surface area contributed by atoms with Gasteiger partial charge >= 0.3 is 0 Å². The van der Waals surface area contributed by atoms with Gasteiger partial charge in [0.05, 0.1) is 17.6 Å². The van der Waals surface area contributed by atoms with Crippen LogP contribution in [-0.4, -0.2) is 41.9 Å². The van der Waals surface area contributed by atoms with Crippen molar-refractivity contribution in [3.8, 4) is 0 Å². The number of carbonyl (C=O) groups excluding carboxylic acids is 1. The van der Waals surface area contributed by atoms with E-state index in [4.69, 9.17) is 11.6 Å². The third-order valence-corrected chi connectivity index (χ3v) is 6.07. The smallest absolute Gasteiger partial charge is 0.282 e. The summed E-state index contributed by atoms with van der Waals surface area (Å²) in [5, 5.41) is -0.259. The average Bonchev–Trinajstić information content (AvgIpc) is 3.18. The number of aryl methyl sites for hydroxylation is 2. The Bertz CT molecular complexity index is 917. The van der Waals surface area contributed by atoms with Gasteiger partial charge in [0.2, 0.25) is 5.03 Å². The first-order chi connectivity index (χ1) is 11.8. The van der Waals surface area contributed by atoms with Crippen molar-refractivity contribution in [3.05, 3.63) is 40.8 Å². The lowest BCUT2D eigenvalue weighted by Crippen LogP contribution is -2.29. The second-order valence-corrected chi connectivity index (χ2v) is 8.01. The van der Waals surface area contributed by atoms with Crippen LogP contribution < -0.4 is 4.72 Å². The highest BCUT2D eigenvalue weighted by atomic mass is 35.5. The van der Waals surface area contributed by atoms with Gasteiger partial charge in [-0.25, -0.2) is 4.98 Å². The minimum Gasteiger partial charge on any atom is -0.339 e. The fourth-order valence-corrected chi connectivity index (χ4v) is 4.39. The minimum absolute atomic E-state index is 0.00701. The van der Waals surface area contributed by atoms with E-state index in [9.17, 15) is 13.2 Å². The van der Waals surface area contributed by atoms with Gasteiger partial charge in [0.15, 0.2) is 0 Å². The number of nitrogens with zero attached hydrogens (tertiary/aromatic N) is 3. The van der Waals surface area contributed by atoms with Crippen molar-refractivity contribution in [1.82, 2.24) is 14.5 Å². The molecule has 0 aliphatic carbocycles. The van der Waals surface area contributed by atoms with Gasteiger partial charge in [0, 0.05) is 20.1 Å². The molecule has 0 saturated carbocycles. The Hall–Kier alpha value is -2.06. The van der Waals surface area contributed by atoms with Gasteiger partial charge < -0.3 is 9.47 Å². The van der Waals surface area contributed by atoms with Gasteiger partial charge in [-0.2, -0.15) is 8.42 Å². The fraction of sp³-hybridized carbons (Fsp3) is 0.375. The summed E-state index contributed by atoms with van der Waals surface area (Å²) >= 11 is 6.00. The minimum atomic E-state index is -4.00. The second-order valence-electron chi connectivity index (χ2n) is 6.05. The number of carbonyl (C=O) groups is 1. The predicted octanol–water partition coefficient (Wildman–Crippen LogP) is 2.42. The van der Waals surface area contributed by atoms with Gasteiger partial charge in [-0.05, 0) is 31.4 Å². The van der Waals surface area contributed by atoms with Crippen molar-refractivity contribution >= 4 is 33.2 Å². The standard InChI is InChI=1S/C16H19ClN4O3S/c1-11-6-5-7-12(13(11)16(22)21-8-3-4-9-21)19-25(23,24)15-14(17)20(2)10-18-15/h5-7,10,19H,3-4,8-9H2,1-2H3. The third-order valence-electron chi connectivity index (χ3n) is 4.21. The first-order valence-electron chi connectivity index (χ1n) is 7.90. The van der Waals surface area contributed by atoms with Gasteiger partial charge in [0.1, 0.15) is 5.15 Å². The molecule has 3 rings (SSSR count). The molecule has 1 fully saturated rings. The van der Waals surface area contributed by atoms with Gasteiger partial charge in [-0.15, -0.1) is 0 Å². The SMILES string of the molecule is Cc1cccc(NS(=O)(=O)c2ncn(C)c2Cl)c1C(=O)N1CCCC1. The zero-order valence-electron chi connectivity index (χ0n) is 14.0. The molecule has 2 aromatic rings. The molecule has 1 aromatic heterocycles. The van der Waals surface area contributed by atoms with E-state index in [1.807, 2.05) is 0 Å².